The van der Waals surface area contributed by atoms with Crippen molar-refractivity contribution in [3.8, 4) is 11.4 Å². The van der Waals surface area contributed by atoms with Crippen molar-refractivity contribution in [2.24, 2.45) is 0 Å². The van der Waals surface area contributed by atoms with Crippen LogP contribution < -0.4 is 5.56 Å². The summed E-state index contributed by atoms with van der Waals surface area (Å²) in [4.78, 5) is 19.9. The third-order valence-corrected chi connectivity index (χ3v) is 5.27. The molecule has 21 heavy (non-hydrogen) atoms. The van der Waals surface area contributed by atoms with Crippen LogP contribution in [0.15, 0.2) is 34.4 Å². The number of hydrogen-bond acceptors (Lipinski definition) is 3. The molecule has 3 nitrogen and oxygen atoms in total. The van der Waals surface area contributed by atoms with Crippen molar-refractivity contribution >= 4 is 44.0 Å². The maximum absolute atomic E-state index is 12.2. The Hall–Kier alpha value is -1.21. The van der Waals surface area contributed by atoms with Crippen LogP contribution in [0.2, 0.25) is 0 Å². The van der Waals surface area contributed by atoms with Crippen molar-refractivity contribution in [3.05, 3.63) is 49.3 Å². The molecule has 5 heteroatoms. The van der Waals surface area contributed by atoms with Gasteiger partial charge in [-0.05, 0) is 28.7 Å². The van der Waals surface area contributed by atoms with Gasteiger partial charge >= 0.3 is 0 Å². The molecule has 0 aliphatic carbocycles. The summed E-state index contributed by atoms with van der Waals surface area (Å²) in [5.41, 5.74) is 1.61. The second-order valence-electron chi connectivity index (χ2n) is 5.97. The van der Waals surface area contributed by atoms with E-state index in [1.807, 2.05) is 12.1 Å². The molecule has 0 radical (unpaired) electrons. The van der Waals surface area contributed by atoms with Gasteiger partial charge < -0.3 is 4.98 Å². The van der Waals surface area contributed by atoms with Gasteiger partial charge in [0.05, 0.1) is 5.69 Å². The van der Waals surface area contributed by atoms with Gasteiger partial charge in [0.1, 0.15) is 9.39 Å². The Balaban J connectivity index is 2.29. The highest BCUT2D eigenvalue weighted by atomic mass is 127. The van der Waals surface area contributed by atoms with Crippen LogP contribution in [0, 0.1) is 3.57 Å². The summed E-state index contributed by atoms with van der Waals surface area (Å²) in [5, 5.41) is 3.19. The summed E-state index contributed by atoms with van der Waals surface area (Å²) < 4.78 is 1.87. The fourth-order valence-corrected chi connectivity index (χ4v) is 4.25. The summed E-state index contributed by atoms with van der Waals surface area (Å²) in [6.45, 7) is 6.23. The Kier molecular flexibility index (Phi) is 3.65. The molecule has 1 aromatic carbocycles. The molecule has 3 rings (SSSR count). The van der Waals surface area contributed by atoms with E-state index in [4.69, 9.17) is 4.98 Å². The minimum atomic E-state index is -0.161. The lowest BCUT2D eigenvalue weighted by molar-refractivity contribution is 0.562. The monoisotopic (exact) mass is 410 g/mol. The molecular weight excluding hydrogens is 395 g/mol. The minimum absolute atomic E-state index is 0.0687. The van der Waals surface area contributed by atoms with E-state index in [1.165, 1.54) is 4.70 Å². The van der Waals surface area contributed by atoms with Gasteiger partial charge in [-0.25, -0.2) is 4.98 Å². The quantitative estimate of drug-likeness (QED) is 0.599. The van der Waals surface area contributed by atoms with Gasteiger partial charge in [0.2, 0.25) is 0 Å². The van der Waals surface area contributed by atoms with Crippen molar-refractivity contribution in [1.82, 2.24) is 9.97 Å². The maximum atomic E-state index is 12.2. The van der Waals surface area contributed by atoms with E-state index in [0.29, 0.717) is 9.39 Å². The number of nitrogens with one attached hydrogen (secondary N) is 1. The number of nitrogens with zero attached hydrogens (tertiary/aromatic N) is 1. The number of rotatable bonds is 1. The lowest BCUT2D eigenvalue weighted by Gasteiger charge is -2.19. The van der Waals surface area contributed by atoms with Crippen molar-refractivity contribution < 1.29 is 0 Å². The minimum Gasteiger partial charge on any atom is -0.306 e. The van der Waals surface area contributed by atoms with Crippen molar-refractivity contribution in [2.45, 2.75) is 26.2 Å². The Morgan fingerprint density at radius 3 is 2.67 bits per heavy atom. The summed E-state index contributed by atoms with van der Waals surface area (Å²) in [5.74, 6) is 0.655. The first-order chi connectivity index (χ1) is 9.88. The first-order valence-electron chi connectivity index (χ1n) is 6.65. The molecule has 2 aromatic heterocycles. The highest BCUT2D eigenvalue weighted by Crippen LogP contribution is 2.33. The Morgan fingerprint density at radius 2 is 1.95 bits per heavy atom. The summed E-state index contributed by atoms with van der Waals surface area (Å²) in [6, 6.07) is 8.18. The summed E-state index contributed by atoms with van der Waals surface area (Å²) >= 11 is 3.75. The second-order valence-corrected chi connectivity index (χ2v) is 7.96. The van der Waals surface area contributed by atoms with Crippen LogP contribution in [0.4, 0.5) is 0 Å². The zero-order valence-electron chi connectivity index (χ0n) is 12.0. The fraction of sp³-hybridized carbons (Fsp3) is 0.250. The Morgan fingerprint density at radius 1 is 1.24 bits per heavy atom. The molecule has 0 spiro atoms. The Labute approximate surface area is 140 Å². The SMILES string of the molecule is CC(C)(C)c1nc(-c2csc3ccccc23)[nH]c(=O)c1I. The van der Waals surface area contributed by atoms with Gasteiger partial charge in [0, 0.05) is 26.4 Å². The predicted octanol–water partition coefficient (Wildman–Crippen LogP) is 4.55. The molecule has 0 atom stereocenters. The van der Waals surface area contributed by atoms with E-state index in [2.05, 4.69) is 65.9 Å². The van der Waals surface area contributed by atoms with Crippen LogP contribution in [0.1, 0.15) is 26.5 Å². The van der Waals surface area contributed by atoms with Gasteiger partial charge in [-0.3, -0.25) is 4.79 Å². The molecule has 2 heterocycles. The van der Waals surface area contributed by atoms with Gasteiger partial charge in [0.25, 0.3) is 5.56 Å². The lowest BCUT2D eigenvalue weighted by atomic mass is 9.92. The highest BCUT2D eigenvalue weighted by Gasteiger charge is 2.22. The Bertz CT molecular complexity index is 874. The third-order valence-electron chi connectivity index (χ3n) is 3.31. The molecule has 0 aliphatic heterocycles. The average molecular weight is 410 g/mol. The number of aromatic nitrogens is 2. The normalized spacial score (nSPS) is 12.0. The smallest absolute Gasteiger partial charge is 0.264 e. The molecule has 1 N–H and O–H groups in total. The van der Waals surface area contributed by atoms with Crippen molar-refractivity contribution in [1.29, 1.82) is 0 Å². The van der Waals surface area contributed by atoms with E-state index < -0.39 is 0 Å². The number of H-pyrrole nitrogens is 1. The molecule has 0 saturated heterocycles. The summed E-state index contributed by atoms with van der Waals surface area (Å²) in [7, 11) is 0. The third kappa shape index (κ3) is 2.64. The number of thiophene rings is 1. The lowest BCUT2D eigenvalue weighted by Crippen LogP contribution is -2.24. The van der Waals surface area contributed by atoms with Crippen molar-refractivity contribution in [3.63, 3.8) is 0 Å². The van der Waals surface area contributed by atoms with E-state index in [-0.39, 0.29) is 11.0 Å². The van der Waals surface area contributed by atoms with E-state index >= 15 is 0 Å². The van der Waals surface area contributed by atoms with Gasteiger partial charge in [-0.2, -0.15) is 0 Å². The molecular formula is C16H15IN2OS. The first-order valence-corrected chi connectivity index (χ1v) is 8.60. The van der Waals surface area contributed by atoms with Crippen LogP contribution in [0.3, 0.4) is 0 Å². The molecule has 3 aromatic rings. The van der Waals surface area contributed by atoms with Gasteiger partial charge in [0.15, 0.2) is 0 Å². The maximum Gasteiger partial charge on any atom is 0.264 e. The van der Waals surface area contributed by atoms with Crippen LogP contribution in [-0.2, 0) is 5.41 Å². The average Bonchev–Trinajstić information content (AvgIpc) is 2.84. The zero-order chi connectivity index (χ0) is 15.2. The van der Waals surface area contributed by atoms with Crippen LogP contribution >= 0.6 is 33.9 Å². The number of benzene rings is 1. The number of hydrogen-bond donors (Lipinski definition) is 1. The molecule has 108 valence electrons. The topological polar surface area (TPSA) is 45.8 Å². The predicted molar refractivity (Wildman–Crippen MR) is 97.1 cm³/mol. The van der Waals surface area contributed by atoms with E-state index in [1.54, 1.807) is 11.3 Å². The van der Waals surface area contributed by atoms with Crippen LogP contribution in [-0.4, -0.2) is 9.97 Å². The highest BCUT2D eigenvalue weighted by molar-refractivity contribution is 14.1. The number of aromatic amines is 1. The standard InChI is InChI=1S/C16H15IN2OS/c1-16(2,3)13-12(17)15(20)19-14(18-13)10-8-21-11-7-5-4-6-9(10)11/h4-8H,1-3H3,(H,18,19,20). The number of fused-ring (bicyclic) bond motifs is 1. The van der Waals surface area contributed by atoms with E-state index in [9.17, 15) is 4.79 Å². The molecule has 0 fully saturated rings. The first kappa shape index (κ1) is 14.7. The van der Waals surface area contributed by atoms with Crippen molar-refractivity contribution in [2.75, 3.05) is 0 Å². The summed E-state index contributed by atoms with van der Waals surface area (Å²) in [6.07, 6.45) is 0. The molecule has 0 saturated carbocycles. The molecule has 0 bridgehead atoms. The second kappa shape index (κ2) is 5.21. The van der Waals surface area contributed by atoms with Gasteiger partial charge in [-0.1, -0.05) is 39.0 Å². The molecule has 0 amide bonds. The fourth-order valence-electron chi connectivity index (χ4n) is 2.24. The molecule has 0 aliphatic rings. The largest absolute Gasteiger partial charge is 0.306 e. The zero-order valence-corrected chi connectivity index (χ0v) is 15.0. The van der Waals surface area contributed by atoms with E-state index in [0.717, 1.165) is 16.6 Å². The molecule has 0 unspecified atom stereocenters. The van der Waals surface area contributed by atoms with Crippen LogP contribution in [0.25, 0.3) is 21.5 Å². The van der Waals surface area contributed by atoms with Gasteiger partial charge in [-0.15, -0.1) is 11.3 Å². The number of halogens is 1. The van der Waals surface area contributed by atoms with Crippen LogP contribution in [0.5, 0.6) is 0 Å².